The minimum Gasteiger partial charge on any atom is -0.309 e. The van der Waals surface area contributed by atoms with Gasteiger partial charge in [0, 0.05) is 22.6 Å². The summed E-state index contributed by atoms with van der Waals surface area (Å²) in [5, 5.41) is 0. The van der Waals surface area contributed by atoms with E-state index in [2.05, 4.69) is 0 Å². The highest BCUT2D eigenvalue weighted by atomic mass is 15.2. The van der Waals surface area contributed by atoms with E-state index in [1.54, 1.807) is 12.4 Å². The van der Waals surface area contributed by atoms with Gasteiger partial charge in [0.1, 0.15) is 0 Å². The van der Waals surface area contributed by atoms with Crippen molar-refractivity contribution < 1.29 is 5.48 Å². The van der Waals surface area contributed by atoms with Crippen LogP contribution in [-0.2, 0) is 0 Å². The average Bonchev–Trinajstić information content (AvgIpc) is 3.12. The second kappa shape index (κ2) is 12.2. The Labute approximate surface area is 266 Å². The quantitative estimate of drug-likeness (QED) is 0.189. The Morgan fingerprint density at radius 2 is 0.909 bits per heavy atom. The SMILES string of the molecule is [2H]c1c(C)c([2H])c(C)c(N(c2ccc(N(c3ccccc3)c3cnc(-c4ccccc4)cn3)cc2)c2c(C)c([2H])c(C)c([2H])c2C)c1C. The lowest BCUT2D eigenvalue weighted by Gasteiger charge is -2.32. The van der Waals surface area contributed by atoms with Gasteiger partial charge in [-0.05, 0) is 100 Å². The lowest BCUT2D eigenvalue weighted by molar-refractivity contribution is 1.12. The second-order valence-electron chi connectivity index (χ2n) is 11.1. The van der Waals surface area contributed by atoms with Crippen molar-refractivity contribution in [3.63, 3.8) is 0 Å². The van der Waals surface area contributed by atoms with Crippen molar-refractivity contribution in [1.82, 2.24) is 9.97 Å². The molecule has 5 aromatic carbocycles. The van der Waals surface area contributed by atoms with Gasteiger partial charge in [-0.25, -0.2) is 4.98 Å². The van der Waals surface area contributed by atoms with Crippen LogP contribution in [0.15, 0.2) is 121 Å². The van der Waals surface area contributed by atoms with E-state index in [0.29, 0.717) is 41.1 Å². The molecule has 1 heterocycles. The third kappa shape index (κ3) is 5.71. The smallest absolute Gasteiger partial charge is 0.156 e. The lowest BCUT2D eigenvalue weighted by Crippen LogP contribution is -2.16. The summed E-state index contributed by atoms with van der Waals surface area (Å²) < 4.78 is 35.5. The molecule has 0 unspecified atom stereocenters. The monoisotopic (exact) mass is 578 g/mol. The Bertz CT molecular complexity index is 1990. The molecule has 4 nitrogen and oxygen atoms in total. The van der Waals surface area contributed by atoms with E-state index in [4.69, 9.17) is 15.5 Å². The van der Waals surface area contributed by atoms with Gasteiger partial charge in [-0.2, -0.15) is 0 Å². The zero-order chi connectivity index (χ0) is 34.3. The molecule has 0 N–H and O–H groups in total. The topological polar surface area (TPSA) is 32.3 Å². The van der Waals surface area contributed by atoms with E-state index in [1.165, 1.54) is 0 Å². The fourth-order valence-electron chi connectivity index (χ4n) is 5.96. The highest BCUT2D eigenvalue weighted by Crippen LogP contribution is 2.43. The van der Waals surface area contributed by atoms with Crippen molar-refractivity contribution in [2.75, 3.05) is 9.80 Å². The molecule has 0 fully saturated rings. The molecule has 0 radical (unpaired) electrons. The van der Waals surface area contributed by atoms with Crippen molar-refractivity contribution in [1.29, 1.82) is 0 Å². The van der Waals surface area contributed by atoms with Gasteiger partial charge >= 0.3 is 0 Å². The fraction of sp³-hybridized carbons (Fsp3) is 0.150. The molecule has 0 aliphatic rings. The van der Waals surface area contributed by atoms with Crippen LogP contribution in [0.2, 0.25) is 0 Å². The highest BCUT2D eigenvalue weighted by Gasteiger charge is 2.22. The summed E-state index contributed by atoms with van der Waals surface area (Å²) in [7, 11) is 0. The number of hydrogen-bond donors (Lipinski definition) is 0. The summed E-state index contributed by atoms with van der Waals surface area (Å²) in [6.07, 6.45) is 3.57. The Hall–Kier alpha value is -5.22. The molecule has 44 heavy (non-hydrogen) atoms. The van der Waals surface area contributed by atoms with Gasteiger partial charge in [-0.1, -0.05) is 83.8 Å². The van der Waals surface area contributed by atoms with Crippen molar-refractivity contribution >= 4 is 34.3 Å². The molecule has 0 aliphatic carbocycles. The van der Waals surface area contributed by atoms with Crippen LogP contribution in [0.4, 0.5) is 34.3 Å². The predicted octanol–water partition coefficient (Wildman–Crippen LogP) is 10.9. The van der Waals surface area contributed by atoms with E-state index in [-0.39, 0.29) is 0 Å². The third-order valence-corrected chi connectivity index (χ3v) is 7.69. The lowest BCUT2D eigenvalue weighted by atomic mass is 9.98. The Morgan fingerprint density at radius 3 is 1.36 bits per heavy atom. The number of anilines is 6. The zero-order valence-electron chi connectivity index (χ0n) is 30.0. The number of para-hydroxylation sites is 1. The first-order valence-corrected chi connectivity index (χ1v) is 14.8. The zero-order valence-corrected chi connectivity index (χ0v) is 26.0. The maximum atomic E-state index is 8.88. The van der Waals surface area contributed by atoms with E-state index >= 15 is 0 Å². The molecule has 6 rings (SSSR count). The Morgan fingerprint density at radius 1 is 0.477 bits per heavy atom. The van der Waals surface area contributed by atoms with E-state index in [0.717, 1.165) is 61.9 Å². The van der Waals surface area contributed by atoms with Gasteiger partial charge in [-0.15, -0.1) is 0 Å². The largest absolute Gasteiger partial charge is 0.309 e. The first kappa shape index (κ1) is 24.2. The van der Waals surface area contributed by atoms with E-state index < -0.39 is 0 Å². The molecule has 218 valence electrons. The summed E-state index contributed by atoms with van der Waals surface area (Å²) in [4.78, 5) is 13.7. The molecule has 4 heteroatoms. The van der Waals surface area contributed by atoms with Crippen molar-refractivity contribution in [3.05, 3.63) is 155 Å². The van der Waals surface area contributed by atoms with Crippen molar-refractivity contribution in [2.45, 2.75) is 41.5 Å². The number of nitrogens with zero attached hydrogens (tertiary/aromatic N) is 4. The third-order valence-electron chi connectivity index (χ3n) is 7.69. The number of hydrogen-bond acceptors (Lipinski definition) is 4. The molecule has 0 atom stereocenters. The van der Waals surface area contributed by atoms with Crippen LogP contribution in [-0.4, -0.2) is 9.97 Å². The maximum Gasteiger partial charge on any atom is 0.156 e. The summed E-state index contributed by atoms with van der Waals surface area (Å²) in [5.74, 6) is 0.663. The molecule has 1 aromatic heterocycles. The minimum absolute atomic E-state index is 0.314. The number of benzene rings is 5. The van der Waals surface area contributed by atoms with Gasteiger partial charge < -0.3 is 4.90 Å². The number of aromatic nitrogens is 2. The van der Waals surface area contributed by atoms with Crippen LogP contribution >= 0.6 is 0 Å². The van der Waals surface area contributed by atoms with Crippen LogP contribution in [0.5, 0.6) is 0 Å². The first-order chi connectivity index (χ1) is 23.0. The first-order valence-electron chi connectivity index (χ1n) is 16.8. The van der Waals surface area contributed by atoms with Crippen molar-refractivity contribution in [3.8, 4) is 11.3 Å². The normalized spacial score (nSPS) is 12.2. The van der Waals surface area contributed by atoms with Crippen LogP contribution in [0, 0.1) is 41.5 Å². The predicted molar refractivity (Wildman–Crippen MR) is 185 cm³/mol. The second-order valence-corrected chi connectivity index (χ2v) is 11.1. The van der Waals surface area contributed by atoms with Crippen LogP contribution < -0.4 is 9.80 Å². The summed E-state index contributed by atoms with van der Waals surface area (Å²) >= 11 is 0. The average molecular weight is 579 g/mol. The summed E-state index contributed by atoms with van der Waals surface area (Å²) in [5.41, 5.74) is 10.0. The van der Waals surface area contributed by atoms with Gasteiger partial charge in [0.15, 0.2) is 5.82 Å². The molecule has 0 saturated heterocycles. The number of rotatable bonds is 7. The molecule has 0 amide bonds. The Kier molecular flexibility index (Phi) is 6.71. The molecule has 0 aliphatic heterocycles. The molecule has 0 bridgehead atoms. The van der Waals surface area contributed by atoms with Crippen LogP contribution in [0.1, 0.15) is 38.9 Å². The minimum atomic E-state index is 0.314. The molecule has 6 aromatic rings. The molecule has 0 saturated carbocycles. The summed E-state index contributed by atoms with van der Waals surface area (Å²) in [6, 6.07) is 29.3. The Balaban J connectivity index is 1.53. The van der Waals surface area contributed by atoms with Crippen LogP contribution in [0.25, 0.3) is 11.3 Å². The van der Waals surface area contributed by atoms with Gasteiger partial charge in [0.05, 0.1) is 34.9 Å². The van der Waals surface area contributed by atoms with Gasteiger partial charge in [0.2, 0.25) is 0 Å². The summed E-state index contributed by atoms with van der Waals surface area (Å²) in [6.45, 7) is 11.3. The standard InChI is InChI=1S/C40H38N4/c1-27-21-29(3)39(30(4)22-27)44(40-31(5)23-28(2)24-32(40)6)36-19-17-35(18-20-36)43(34-15-11-8-12-16-34)38-26-41-37(25-42-38)33-13-9-7-10-14-33/h7-26H,1-6H3/i21D,22D,23D,24D. The highest BCUT2D eigenvalue weighted by molar-refractivity contribution is 5.85. The van der Waals surface area contributed by atoms with Crippen molar-refractivity contribution in [2.24, 2.45) is 0 Å². The van der Waals surface area contributed by atoms with Gasteiger partial charge in [-0.3, -0.25) is 9.88 Å². The van der Waals surface area contributed by atoms with Crippen LogP contribution in [0.3, 0.4) is 0 Å². The van der Waals surface area contributed by atoms with E-state index in [9.17, 15) is 0 Å². The maximum absolute atomic E-state index is 8.88. The van der Waals surface area contributed by atoms with Gasteiger partial charge in [0.25, 0.3) is 0 Å². The van der Waals surface area contributed by atoms with E-state index in [1.807, 2.05) is 136 Å². The fourth-order valence-corrected chi connectivity index (χ4v) is 5.96. The molecular formula is C40H38N4. The molecule has 0 spiro atoms. The molecular weight excluding hydrogens is 536 g/mol.